The van der Waals surface area contributed by atoms with E-state index in [9.17, 15) is 4.79 Å². The fourth-order valence-electron chi connectivity index (χ4n) is 1.52. The quantitative estimate of drug-likeness (QED) is 0.608. The van der Waals surface area contributed by atoms with Gasteiger partial charge in [-0.3, -0.25) is 10.1 Å². The summed E-state index contributed by atoms with van der Waals surface area (Å²) in [5.41, 5.74) is 5.38. The van der Waals surface area contributed by atoms with E-state index >= 15 is 0 Å². The van der Waals surface area contributed by atoms with Crippen LogP contribution in [0, 0.1) is 0 Å². The van der Waals surface area contributed by atoms with E-state index in [-0.39, 0.29) is 6.61 Å². The molecule has 1 aromatic rings. The molecule has 0 saturated heterocycles. The summed E-state index contributed by atoms with van der Waals surface area (Å²) in [5.74, 6) is -0.420. The van der Waals surface area contributed by atoms with Crippen LogP contribution in [-0.2, 0) is 10.3 Å². The molecule has 4 nitrogen and oxygen atoms in total. The highest BCUT2D eigenvalue weighted by Crippen LogP contribution is 2.19. The van der Waals surface area contributed by atoms with Gasteiger partial charge in [-0.25, -0.2) is 0 Å². The standard InChI is InChI=1S/C12H18N2O2/c1-12(11(13)16,14-8-5-9-15)10-6-3-2-4-7-10/h2-4,6-7,14-15H,5,8-9H2,1H3,(H2,13,16). The summed E-state index contributed by atoms with van der Waals surface area (Å²) in [4.78, 5) is 11.5. The van der Waals surface area contributed by atoms with Crippen LogP contribution in [0.25, 0.3) is 0 Å². The summed E-state index contributed by atoms with van der Waals surface area (Å²) >= 11 is 0. The second-order valence-electron chi connectivity index (χ2n) is 3.86. The Kier molecular flexibility index (Phi) is 4.46. The Labute approximate surface area is 95.5 Å². The molecule has 4 N–H and O–H groups in total. The molecule has 0 aliphatic heterocycles. The lowest BCUT2D eigenvalue weighted by atomic mass is 9.91. The highest BCUT2D eigenvalue weighted by atomic mass is 16.3. The van der Waals surface area contributed by atoms with Gasteiger partial charge in [0, 0.05) is 6.61 Å². The second kappa shape index (κ2) is 5.63. The fraction of sp³-hybridized carbons (Fsp3) is 0.417. The van der Waals surface area contributed by atoms with Crippen molar-refractivity contribution in [2.75, 3.05) is 13.2 Å². The summed E-state index contributed by atoms with van der Waals surface area (Å²) in [6, 6.07) is 9.33. The Hall–Kier alpha value is -1.39. The zero-order valence-corrected chi connectivity index (χ0v) is 9.44. The van der Waals surface area contributed by atoms with E-state index in [1.807, 2.05) is 30.3 Å². The minimum Gasteiger partial charge on any atom is -0.396 e. The molecule has 0 saturated carbocycles. The average molecular weight is 222 g/mol. The lowest BCUT2D eigenvalue weighted by Gasteiger charge is -2.28. The number of carbonyl (C=O) groups excluding carboxylic acids is 1. The van der Waals surface area contributed by atoms with Crippen LogP contribution < -0.4 is 11.1 Å². The van der Waals surface area contributed by atoms with Crippen molar-refractivity contribution in [1.82, 2.24) is 5.32 Å². The van der Waals surface area contributed by atoms with Crippen molar-refractivity contribution in [3.8, 4) is 0 Å². The maximum atomic E-state index is 11.5. The molecule has 4 heteroatoms. The van der Waals surface area contributed by atoms with Crippen molar-refractivity contribution >= 4 is 5.91 Å². The zero-order chi connectivity index (χ0) is 12.0. The molecular formula is C12H18N2O2. The predicted molar refractivity (Wildman–Crippen MR) is 62.7 cm³/mol. The third-order valence-corrected chi connectivity index (χ3v) is 2.66. The third-order valence-electron chi connectivity index (χ3n) is 2.66. The Morgan fingerprint density at radius 1 is 1.44 bits per heavy atom. The zero-order valence-electron chi connectivity index (χ0n) is 9.44. The Balaban J connectivity index is 2.85. The fourth-order valence-corrected chi connectivity index (χ4v) is 1.52. The van der Waals surface area contributed by atoms with Gasteiger partial charge < -0.3 is 10.8 Å². The Morgan fingerprint density at radius 2 is 2.06 bits per heavy atom. The molecule has 0 aromatic heterocycles. The number of rotatable bonds is 6. The van der Waals surface area contributed by atoms with Crippen molar-refractivity contribution in [2.45, 2.75) is 18.9 Å². The van der Waals surface area contributed by atoms with Gasteiger partial charge in [-0.05, 0) is 25.5 Å². The van der Waals surface area contributed by atoms with E-state index in [1.54, 1.807) is 6.92 Å². The Morgan fingerprint density at radius 3 is 2.56 bits per heavy atom. The van der Waals surface area contributed by atoms with Crippen LogP contribution >= 0.6 is 0 Å². The molecule has 1 amide bonds. The van der Waals surface area contributed by atoms with Crippen LogP contribution in [0.3, 0.4) is 0 Å². The minimum absolute atomic E-state index is 0.0939. The SMILES string of the molecule is CC(NCCCO)(C(N)=O)c1ccccc1. The number of hydrogen-bond acceptors (Lipinski definition) is 3. The molecular weight excluding hydrogens is 204 g/mol. The summed E-state index contributed by atoms with van der Waals surface area (Å²) in [7, 11) is 0. The van der Waals surface area contributed by atoms with E-state index in [0.29, 0.717) is 13.0 Å². The molecule has 0 bridgehead atoms. The van der Waals surface area contributed by atoms with Gasteiger partial charge >= 0.3 is 0 Å². The maximum Gasteiger partial charge on any atom is 0.242 e. The topological polar surface area (TPSA) is 75.3 Å². The molecule has 0 aliphatic rings. The number of amides is 1. The largest absolute Gasteiger partial charge is 0.396 e. The molecule has 16 heavy (non-hydrogen) atoms. The monoisotopic (exact) mass is 222 g/mol. The number of aliphatic hydroxyl groups is 1. The van der Waals surface area contributed by atoms with Crippen LogP contribution in [-0.4, -0.2) is 24.2 Å². The minimum atomic E-state index is -0.879. The van der Waals surface area contributed by atoms with Gasteiger partial charge in [0.1, 0.15) is 5.54 Å². The summed E-state index contributed by atoms with van der Waals surface area (Å²) in [5, 5.41) is 11.8. The molecule has 0 aliphatic carbocycles. The first-order chi connectivity index (χ1) is 7.61. The van der Waals surface area contributed by atoms with Crippen molar-refractivity contribution in [1.29, 1.82) is 0 Å². The van der Waals surface area contributed by atoms with Crippen LogP contribution in [0.15, 0.2) is 30.3 Å². The first-order valence-electron chi connectivity index (χ1n) is 5.32. The van der Waals surface area contributed by atoms with Crippen molar-refractivity contribution in [2.24, 2.45) is 5.73 Å². The van der Waals surface area contributed by atoms with Crippen LogP contribution in [0.5, 0.6) is 0 Å². The highest BCUT2D eigenvalue weighted by molar-refractivity contribution is 5.85. The molecule has 0 fully saturated rings. The Bertz CT molecular complexity index is 340. The first kappa shape index (κ1) is 12.7. The van der Waals surface area contributed by atoms with Gasteiger partial charge in [0.15, 0.2) is 0 Å². The van der Waals surface area contributed by atoms with Gasteiger partial charge in [-0.15, -0.1) is 0 Å². The van der Waals surface area contributed by atoms with E-state index in [2.05, 4.69) is 5.32 Å². The summed E-state index contributed by atoms with van der Waals surface area (Å²) in [6.45, 7) is 2.39. The lowest BCUT2D eigenvalue weighted by molar-refractivity contribution is -0.124. The molecule has 0 spiro atoms. The van der Waals surface area contributed by atoms with Gasteiger partial charge in [0.2, 0.25) is 5.91 Å². The number of hydrogen-bond donors (Lipinski definition) is 3. The second-order valence-corrected chi connectivity index (χ2v) is 3.86. The molecule has 1 unspecified atom stereocenters. The van der Waals surface area contributed by atoms with E-state index in [1.165, 1.54) is 0 Å². The van der Waals surface area contributed by atoms with Crippen molar-refractivity contribution in [3.63, 3.8) is 0 Å². The van der Waals surface area contributed by atoms with Crippen LogP contribution in [0.4, 0.5) is 0 Å². The molecule has 1 rings (SSSR count). The molecule has 0 radical (unpaired) electrons. The number of nitrogens with one attached hydrogen (secondary N) is 1. The molecule has 1 atom stereocenters. The van der Waals surface area contributed by atoms with E-state index in [0.717, 1.165) is 5.56 Å². The van der Waals surface area contributed by atoms with Gasteiger partial charge in [-0.1, -0.05) is 30.3 Å². The lowest BCUT2D eigenvalue weighted by Crippen LogP contribution is -2.50. The van der Waals surface area contributed by atoms with Gasteiger partial charge in [0.25, 0.3) is 0 Å². The van der Waals surface area contributed by atoms with Gasteiger partial charge in [-0.2, -0.15) is 0 Å². The first-order valence-corrected chi connectivity index (χ1v) is 5.32. The van der Waals surface area contributed by atoms with E-state index in [4.69, 9.17) is 10.8 Å². The number of carbonyl (C=O) groups is 1. The number of nitrogens with two attached hydrogens (primary N) is 1. The average Bonchev–Trinajstić information content (AvgIpc) is 2.30. The van der Waals surface area contributed by atoms with Crippen molar-refractivity contribution in [3.05, 3.63) is 35.9 Å². The van der Waals surface area contributed by atoms with Crippen molar-refractivity contribution < 1.29 is 9.90 Å². The van der Waals surface area contributed by atoms with E-state index < -0.39 is 11.4 Å². The summed E-state index contributed by atoms with van der Waals surface area (Å²) in [6.07, 6.45) is 0.593. The van der Waals surface area contributed by atoms with Crippen LogP contribution in [0.2, 0.25) is 0 Å². The molecule has 0 heterocycles. The summed E-state index contributed by atoms with van der Waals surface area (Å²) < 4.78 is 0. The number of aliphatic hydroxyl groups excluding tert-OH is 1. The van der Waals surface area contributed by atoms with Gasteiger partial charge in [0.05, 0.1) is 0 Å². The third kappa shape index (κ3) is 2.81. The molecule has 1 aromatic carbocycles. The smallest absolute Gasteiger partial charge is 0.242 e. The highest BCUT2D eigenvalue weighted by Gasteiger charge is 2.31. The van der Waals surface area contributed by atoms with Crippen LogP contribution in [0.1, 0.15) is 18.9 Å². The number of primary amides is 1. The predicted octanol–water partition coefficient (Wildman–Crippen LogP) is 0.359. The number of benzene rings is 1. The normalized spacial score (nSPS) is 14.4. The maximum absolute atomic E-state index is 11.5. The molecule has 88 valence electrons.